The molecule has 1 heterocycles. The Bertz CT molecular complexity index is 494. The standard InChI is InChI=1S/C20H38N4O2.ClH/c1-5-25-15-20(16-26-6-2)9-7-17(8-10-20)19-18(13-22-23-19)14-24(4)12-11-21-3;/h13,17,21H,5-12,14-16H2,1-4H3,(H,22,23);1H. The van der Waals surface area contributed by atoms with Crippen molar-refractivity contribution < 1.29 is 9.47 Å². The van der Waals surface area contributed by atoms with E-state index in [1.807, 2.05) is 7.05 Å². The second kappa shape index (κ2) is 12.7. The van der Waals surface area contributed by atoms with E-state index in [-0.39, 0.29) is 17.8 Å². The van der Waals surface area contributed by atoms with Gasteiger partial charge >= 0.3 is 0 Å². The highest BCUT2D eigenvalue weighted by molar-refractivity contribution is 5.85. The zero-order chi connectivity index (χ0) is 18.8. The molecule has 1 saturated carbocycles. The number of H-pyrrole nitrogens is 1. The van der Waals surface area contributed by atoms with Crippen molar-refractivity contribution in [1.82, 2.24) is 20.4 Å². The van der Waals surface area contributed by atoms with E-state index in [0.717, 1.165) is 71.7 Å². The monoisotopic (exact) mass is 402 g/mol. The van der Waals surface area contributed by atoms with E-state index in [9.17, 15) is 0 Å². The maximum Gasteiger partial charge on any atom is 0.0697 e. The van der Waals surface area contributed by atoms with Gasteiger partial charge in [0.15, 0.2) is 0 Å². The molecule has 0 amide bonds. The van der Waals surface area contributed by atoms with Gasteiger partial charge in [-0.1, -0.05) is 0 Å². The minimum atomic E-state index is 0. The van der Waals surface area contributed by atoms with Crippen LogP contribution in [-0.4, -0.2) is 68.7 Å². The molecule has 0 saturated heterocycles. The van der Waals surface area contributed by atoms with Gasteiger partial charge in [0.05, 0.1) is 18.9 Å². The summed E-state index contributed by atoms with van der Waals surface area (Å²) in [6.45, 7) is 10.3. The predicted octanol–water partition coefficient (Wildman–Crippen LogP) is 3.20. The molecule has 27 heavy (non-hydrogen) atoms. The molecule has 6 nitrogen and oxygen atoms in total. The normalized spacial score (nSPS) is 17.2. The van der Waals surface area contributed by atoms with E-state index in [1.54, 1.807) is 0 Å². The van der Waals surface area contributed by atoms with E-state index in [0.29, 0.717) is 5.92 Å². The molecule has 1 aromatic heterocycles. The fraction of sp³-hybridized carbons (Fsp3) is 0.850. The minimum Gasteiger partial charge on any atom is -0.381 e. The van der Waals surface area contributed by atoms with Gasteiger partial charge in [0.1, 0.15) is 0 Å². The average molecular weight is 403 g/mol. The number of likely N-dealkylation sites (N-methyl/N-ethyl adjacent to an activating group) is 2. The first-order chi connectivity index (χ1) is 12.6. The van der Waals surface area contributed by atoms with E-state index in [2.05, 4.69) is 47.5 Å². The fourth-order valence-electron chi connectivity index (χ4n) is 3.95. The molecule has 0 unspecified atom stereocenters. The van der Waals surface area contributed by atoms with Crippen molar-refractivity contribution in [2.75, 3.05) is 53.6 Å². The third-order valence-corrected chi connectivity index (χ3v) is 5.59. The van der Waals surface area contributed by atoms with Gasteiger partial charge in [-0.25, -0.2) is 0 Å². The van der Waals surface area contributed by atoms with Crippen LogP contribution in [0.3, 0.4) is 0 Å². The first kappa shape index (κ1) is 24.4. The summed E-state index contributed by atoms with van der Waals surface area (Å²) in [6.07, 6.45) is 6.71. The Balaban J connectivity index is 0.00000364. The van der Waals surface area contributed by atoms with Crippen LogP contribution < -0.4 is 5.32 Å². The maximum atomic E-state index is 5.80. The van der Waals surface area contributed by atoms with E-state index in [4.69, 9.17) is 9.47 Å². The number of aromatic amines is 1. The highest BCUT2D eigenvalue weighted by atomic mass is 35.5. The summed E-state index contributed by atoms with van der Waals surface area (Å²) in [6, 6.07) is 0. The number of hydrogen-bond donors (Lipinski definition) is 2. The van der Waals surface area contributed by atoms with Crippen LogP contribution in [0.5, 0.6) is 0 Å². The van der Waals surface area contributed by atoms with Gasteiger partial charge in [-0.15, -0.1) is 12.4 Å². The largest absolute Gasteiger partial charge is 0.381 e. The van der Waals surface area contributed by atoms with Crippen molar-refractivity contribution in [2.24, 2.45) is 5.41 Å². The lowest BCUT2D eigenvalue weighted by molar-refractivity contribution is -0.0397. The Morgan fingerprint density at radius 3 is 2.41 bits per heavy atom. The SMILES string of the molecule is CCOCC1(COCC)CCC(c2n[nH]cc2CN(C)CCNC)CC1.Cl. The van der Waals surface area contributed by atoms with Crippen molar-refractivity contribution in [1.29, 1.82) is 0 Å². The molecule has 0 spiro atoms. The smallest absolute Gasteiger partial charge is 0.0697 e. The van der Waals surface area contributed by atoms with Crippen LogP contribution in [-0.2, 0) is 16.0 Å². The molecule has 1 fully saturated rings. The zero-order valence-electron chi connectivity index (χ0n) is 17.6. The number of aromatic nitrogens is 2. The highest BCUT2D eigenvalue weighted by Crippen LogP contribution is 2.44. The van der Waals surface area contributed by atoms with Crippen LogP contribution in [0.15, 0.2) is 6.20 Å². The lowest BCUT2D eigenvalue weighted by Crippen LogP contribution is -2.36. The summed E-state index contributed by atoms with van der Waals surface area (Å²) in [7, 11) is 4.17. The van der Waals surface area contributed by atoms with Gasteiger partial charge in [0.2, 0.25) is 0 Å². The Hall–Kier alpha value is -0.660. The number of nitrogens with one attached hydrogen (secondary N) is 2. The first-order valence-electron chi connectivity index (χ1n) is 10.1. The van der Waals surface area contributed by atoms with Crippen LogP contribution in [0, 0.1) is 5.41 Å². The van der Waals surface area contributed by atoms with Gasteiger partial charge in [-0.3, -0.25) is 5.10 Å². The van der Waals surface area contributed by atoms with E-state index in [1.165, 1.54) is 11.3 Å². The molecule has 0 atom stereocenters. The molecule has 158 valence electrons. The van der Waals surface area contributed by atoms with Crippen molar-refractivity contribution >= 4 is 12.4 Å². The highest BCUT2D eigenvalue weighted by Gasteiger charge is 2.37. The number of rotatable bonds is 12. The first-order valence-corrected chi connectivity index (χ1v) is 10.1. The van der Waals surface area contributed by atoms with E-state index >= 15 is 0 Å². The van der Waals surface area contributed by atoms with Crippen LogP contribution in [0.1, 0.15) is 56.7 Å². The van der Waals surface area contributed by atoms with Gasteiger partial charge < -0.3 is 19.7 Å². The third-order valence-electron chi connectivity index (χ3n) is 5.59. The van der Waals surface area contributed by atoms with Crippen LogP contribution in [0.25, 0.3) is 0 Å². The summed E-state index contributed by atoms with van der Waals surface area (Å²) in [5, 5.41) is 10.9. The molecule has 2 rings (SSSR count). The second-order valence-electron chi connectivity index (χ2n) is 7.69. The van der Waals surface area contributed by atoms with E-state index < -0.39 is 0 Å². The van der Waals surface area contributed by atoms with Crippen molar-refractivity contribution in [3.63, 3.8) is 0 Å². The summed E-state index contributed by atoms with van der Waals surface area (Å²) in [4.78, 5) is 2.35. The second-order valence-corrected chi connectivity index (χ2v) is 7.69. The number of hydrogen-bond acceptors (Lipinski definition) is 5. The molecule has 2 N–H and O–H groups in total. The molecular formula is C20H39ClN4O2. The van der Waals surface area contributed by atoms with Crippen molar-refractivity contribution in [2.45, 2.75) is 52.0 Å². The predicted molar refractivity (Wildman–Crippen MR) is 113 cm³/mol. The fourth-order valence-corrected chi connectivity index (χ4v) is 3.95. The Kier molecular flexibility index (Phi) is 11.5. The maximum absolute atomic E-state index is 5.80. The Morgan fingerprint density at radius 2 is 1.85 bits per heavy atom. The summed E-state index contributed by atoms with van der Waals surface area (Å²) < 4.78 is 11.6. The number of ether oxygens (including phenoxy) is 2. The molecule has 1 aromatic rings. The molecule has 0 radical (unpaired) electrons. The topological polar surface area (TPSA) is 62.4 Å². The molecule has 1 aliphatic rings. The van der Waals surface area contributed by atoms with Crippen molar-refractivity contribution in [3.8, 4) is 0 Å². The van der Waals surface area contributed by atoms with Gasteiger partial charge in [0, 0.05) is 55.9 Å². The average Bonchev–Trinajstić information content (AvgIpc) is 3.11. The number of nitrogens with zero attached hydrogens (tertiary/aromatic N) is 2. The van der Waals surface area contributed by atoms with Crippen LogP contribution >= 0.6 is 12.4 Å². The van der Waals surface area contributed by atoms with Crippen LogP contribution in [0.4, 0.5) is 0 Å². The van der Waals surface area contributed by atoms with Crippen LogP contribution in [0.2, 0.25) is 0 Å². The quantitative estimate of drug-likeness (QED) is 0.562. The molecule has 0 bridgehead atoms. The van der Waals surface area contributed by atoms with Gasteiger partial charge in [-0.05, 0) is 53.6 Å². The summed E-state index contributed by atoms with van der Waals surface area (Å²) in [5.74, 6) is 0.547. The molecule has 0 aliphatic heterocycles. The van der Waals surface area contributed by atoms with Gasteiger partial charge in [-0.2, -0.15) is 5.10 Å². The molecule has 1 aliphatic carbocycles. The Morgan fingerprint density at radius 1 is 1.22 bits per heavy atom. The van der Waals surface area contributed by atoms with Crippen molar-refractivity contribution in [3.05, 3.63) is 17.5 Å². The molecular weight excluding hydrogens is 364 g/mol. The Labute approximate surface area is 171 Å². The number of halogens is 1. The van der Waals surface area contributed by atoms with Gasteiger partial charge in [0.25, 0.3) is 0 Å². The molecule has 7 heteroatoms. The third kappa shape index (κ3) is 7.35. The summed E-state index contributed by atoms with van der Waals surface area (Å²) >= 11 is 0. The summed E-state index contributed by atoms with van der Waals surface area (Å²) in [5.41, 5.74) is 2.79. The molecule has 0 aromatic carbocycles. The zero-order valence-corrected chi connectivity index (χ0v) is 18.4. The lowest BCUT2D eigenvalue weighted by Gasteiger charge is -2.39. The lowest BCUT2D eigenvalue weighted by atomic mass is 9.70. The minimum absolute atomic E-state index is 0.